The molecule has 164 valence electrons. The van der Waals surface area contributed by atoms with Crippen molar-refractivity contribution in [3.63, 3.8) is 0 Å². The molecular weight excluding hydrogens is 414 g/mol. The maximum absolute atomic E-state index is 5.08. The van der Waals surface area contributed by atoms with Gasteiger partial charge in [-0.05, 0) is 22.3 Å². The van der Waals surface area contributed by atoms with Gasteiger partial charge in [-0.1, -0.05) is 123 Å². The molecule has 0 aliphatic heterocycles. The van der Waals surface area contributed by atoms with E-state index in [9.17, 15) is 0 Å². The topological polar surface area (TPSA) is 38.7 Å². The summed E-state index contributed by atoms with van der Waals surface area (Å²) in [5.74, 6) is 2.12. The first-order valence-corrected chi connectivity index (χ1v) is 11.7. The lowest BCUT2D eigenvalue weighted by atomic mass is 9.65. The Morgan fingerprint density at radius 2 is 0.912 bits per heavy atom. The molecule has 34 heavy (non-hydrogen) atoms. The highest BCUT2D eigenvalue weighted by Gasteiger charge is 2.39. The van der Waals surface area contributed by atoms with Crippen LogP contribution in [0.2, 0.25) is 0 Å². The van der Waals surface area contributed by atoms with Crippen LogP contribution in [0, 0.1) is 0 Å². The highest BCUT2D eigenvalue weighted by Crippen LogP contribution is 2.48. The molecule has 6 rings (SSSR count). The van der Waals surface area contributed by atoms with Crippen molar-refractivity contribution in [2.75, 3.05) is 0 Å². The molecule has 1 aliphatic rings. The minimum atomic E-state index is -0.0960. The number of hydrogen-bond donors (Lipinski definition) is 0. The third-order valence-corrected chi connectivity index (χ3v) is 6.87. The van der Waals surface area contributed by atoms with E-state index in [0.717, 1.165) is 17.0 Å². The van der Waals surface area contributed by atoms with E-state index < -0.39 is 0 Å². The first kappa shape index (κ1) is 20.5. The van der Waals surface area contributed by atoms with E-state index >= 15 is 0 Å². The molecule has 1 heterocycles. The van der Waals surface area contributed by atoms with Crippen molar-refractivity contribution < 1.29 is 0 Å². The molecule has 0 spiro atoms. The van der Waals surface area contributed by atoms with E-state index in [0.29, 0.717) is 11.6 Å². The zero-order valence-corrected chi connectivity index (χ0v) is 19.3. The normalized spacial score (nSPS) is 14.3. The van der Waals surface area contributed by atoms with E-state index in [-0.39, 0.29) is 11.3 Å². The van der Waals surface area contributed by atoms with Gasteiger partial charge in [0, 0.05) is 16.5 Å². The molecule has 3 heteroatoms. The molecule has 3 nitrogen and oxygen atoms in total. The average Bonchev–Trinajstić information content (AvgIpc) is 2.90. The smallest absolute Gasteiger partial charge is 0.163 e. The summed E-state index contributed by atoms with van der Waals surface area (Å²) in [7, 11) is 0. The van der Waals surface area contributed by atoms with Crippen LogP contribution in [0.1, 0.15) is 47.8 Å². The number of aromatic nitrogens is 3. The van der Waals surface area contributed by atoms with Gasteiger partial charge in [0.05, 0.1) is 5.92 Å². The SMILES string of the molecule is CC1(C)c2ccccc2C(c2nc(-c3ccccc3)nc(-c3ccccc3)n2)c2ccccc21. The number of hydrogen-bond acceptors (Lipinski definition) is 3. The number of nitrogens with zero attached hydrogens (tertiary/aromatic N) is 3. The predicted molar refractivity (Wildman–Crippen MR) is 137 cm³/mol. The third kappa shape index (κ3) is 3.32. The van der Waals surface area contributed by atoms with Crippen molar-refractivity contribution in [1.82, 2.24) is 15.0 Å². The zero-order chi connectivity index (χ0) is 23.1. The van der Waals surface area contributed by atoms with Gasteiger partial charge < -0.3 is 0 Å². The molecule has 0 radical (unpaired) electrons. The van der Waals surface area contributed by atoms with Crippen LogP contribution in [-0.2, 0) is 5.41 Å². The highest BCUT2D eigenvalue weighted by molar-refractivity contribution is 5.63. The number of rotatable bonds is 3. The Labute approximate surface area is 200 Å². The van der Waals surface area contributed by atoms with Gasteiger partial charge in [-0.2, -0.15) is 0 Å². The molecule has 1 aliphatic carbocycles. The number of fused-ring (bicyclic) bond motifs is 2. The largest absolute Gasteiger partial charge is 0.212 e. The Bertz CT molecular complexity index is 1370. The van der Waals surface area contributed by atoms with Gasteiger partial charge in [0.1, 0.15) is 5.82 Å². The molecule has 0 saturated heterocycles. The zero-order valence-electron chi connectivity index (χ0n) is 19.3. The lowest BCUT2D eigenvalue weighted by Gasteiger charge is -2.39. The number of benzene rings is 4. The second-order valence-corrected chi connectivity index (χ2v) is 9.31. The summed E-state index contributed by atoms with van der Waals surface area (Å²) >= 11 is 0. The van der Waals surface area contributed by atoms with Gasteiger partial charge >= 0.3 is 0 Å². The average molecular weight is 440 g/mol. The van der Waals surface area contributed by atoms with Crippen LogP contribution < -0.4 is 0 Å². The van der Waals surface area contributed by atoms with Crippen LogP contribution in [0.4, 0.5) is 0 Å². The molecular formula is C31H25N3. The Balaban J connectivity index is 1.64. The summed E-state index contributed by atoms with van der Waals surface area (Å²) in [5.41, 5.74) is 7.04. The minimum Gasteiger partial charge on any atom is -0.212 e. The minimum absolute atomic E-state index is 0.0617. The lowest BCUT2D eigenvalue weighted by Crippen LogP contribution is -2.30. The molecule has 0 fully saturated rings. The Kier molecular flexibility index (Phi) is 4.84. The molecule has 0 atom stereocenters. The van der Waals surface area contributed by atoms with Crippen LogP contribution in [0.5, 0.6) is 0 Å². The predicted octanol–water partition coefficient (Wildman–Crippen LogP) is 7.03. The van der Waals surface area contributed by atoms with Gasteiger partial charge in [-0.3, -0.25) is 0 Å². The molecule has 5 aromatic rings. The van der Waals surface area contributed by atoms with Gasteiger partial charge in [0.15, 0.2) is 11.6 Å². The van der Waals surface area contributed by atoms with Crippen molar-refractivity contribution in [2.45, 2.75) is 25.2 Å². The first-order valence-electron chi connectivity index (χ1n) is 11.7. The van der Waals surface area contributed by atoms with Crippen molar-refractivity contribution in [1.29, 1.82) is 0 Å². The van der Waals surface area contributed by atoms with Gasteiger partial charge in [-0.15, -0.1) is 0 Å². The van der Waals surface area contributed by atoms with E-state index in [1.165, 1.54) is 22.3 Å². The first-order chi connectivity index (χ1) is 16.6. The van der Waals surface area contributed by atoms with Crippen molar-refractivity contribution >= 4 is 0 Å². The van der Waals surface area contributed by atoms with Gasteiger partial charge in [0.25, 0.3) is 0 Å². The second kappa shape index (κ2) is 8.03. The van der Waals surface area contributed by atoms with Crippen molar-refractivity contribution in [2.24, 2.45) is 0 Å². The fourth-order valence-electron chi connectivity index (χ4n) is 5.18. The fourth-order valence-corrected chi connectivity index (χ4v) is 5.18. The molecule has 4 aromatic carbocycles. The standard InChI is InChI=1S/C31H25N3/c1-31(2)25-19-11-9-17-23(25)27(24-18-10-12-20-26(24)31)30-33-28(21-13-5-3-6-14-21)32-29(34-30)22-15-7-4-8-16-22/h3-20,27H,1-2H3. The van der Waals surface area contributed by atoms with Crippen LogP contribution in [-0.4, -0.2) is 15.0 Å². The summed E-state index contributed by atoms with van der Waals surface area (Å²) < 4.78 is 0. The molecule has 0 N–H and O–H groups in total. The van der Waals surface area contributed by atoms with Crippen LogP contribution in [0.15, 0.2) is 109 Å². The Morgan fingerprint density at radius 1 is 0.500 bits per heavy atom. The van der Waals surface area contributed by atoms with Crippen molar-refractivity contribution in [3.8, 4) is 22.8 Å². The fraction of sp³-hybridized carbons (Fsp3) is 0.129. The second-order valence-electron chi connectivity index (χ2n) is 9.31. The van der Waals surface area contributed by atoms with Crippen LogP contribution >= 0.6 is 0 Å². The monoisotopic (exact) mass is 439 g/mol. The van der Waals surface area contributed by atoms with Gasteiger partial charge in [0.2, 0.25) is 0 Å². The van der Waals surface area contributed by atoms with Gasteiger partial charge in [-0.25, -0.2) is 15.0 Å². The molecule has 0 unspecified atom stereocenters. The van der Waals surface area contributed by atoms with Crippen LogP contribution in [0.3, 0.4) is 0 Å². The summed E-state index contributed by atoms with van der Waals surface area (Å²) in [5, 5.41) is 0. The quantitative estimate of drug-likeness (QED) is 0.303. The van der Waals surface area contributed by atoms with E-state index in [4.69, 9.17) is 15.0 Å². The van der Waals surface area contributed by atoms with Crippen molar-refractivity contribution in [3.05, 3.63) is 137 Å². The molecule has 0 saturated carbocycles. The van der Waals surface area contributed by atoms with E-state index in [2.05, 4.69) is 86.6 Å². The van der Waals surface area contributed by atoms with E-state index in [1.54, 1.807) is 0 Å². The Morgan fingerprint density at radius 3 is 1.38 bits per heavy atom. The summed E-state index contributed by atoms with van der Waals surface area (Å²) in [6.07, 6.45) is 0. The van der Waals surface area contributed by atoms with E-state index in [1.807, 2.05) is 36.4 Å². The van der Waals surface area contributed by atoms with Crippen LogP contribution in [0.25, 0.3) is 22.8 Å². The lowest BCUT2D eigenvalue weighted by molar-refractivity contribution is 0.591. The summed E-state index contributed by atoms with van der Waals surface area (Å²) in [6, 6.07) is 37.8. The third-order valence-electron chi connectivity index (χ3n) is 6.87. The summed E-state index contributed by atoms with van der Waals surface area (Å²) in [4.78, 5) is 15.0. The maximum atomic E-state index is 5.08. The highest BCUT2D eigenvalue weighted by atomic mass is 15.0. The molecule has 0 amide bonds. The Hall–Kier alpha value is -4.11. The summed E-state index contributed by atoms with van der Waals surface area (Å²) in [6.45, 7) is 4.61. The maximum Gasteiger partial charge on any atom is 0.163 e. The molecule has 1 aromatic heterocycles. The molecule has 0 bridgehead atoms.